The SMILES string of the molecule is NCc1cnn(-c2ccccc2Cl)c1C(F)F. The van der Waals surface area contributed by atoms with Gasteiger partial charge in [-0.15, -0.1) is 0 Å². The molecule has 0 spiro atoms. The van der Waals surface area contributed by atoms with Crippen LogP contribution in [-0.2, 0) is 6.54 Å². The van der Waals surface area contributed by atoms with Crippen molar-refractivity contribution >= 4 is 11.6 Å². The molecule has 0 saturated carbocycles. The van der Waals surface area contributed by atoms with Gasteiger partial charge in [0.15, 0.2) is 0 Å². The first kappa shape index (κ1) is 12.0. The van der Waals surface area contributed by atoms with Gasteiger partial charge in [0.05, 0.1) is 16.9 Å². The lowest BCUT2D eigenvalue weighted by atomic mass is 10.2. The number of hydrogen-bond acceptors (Lipinski definition) is 2. The third kappa shape index (κ3) is 2.16. The van der Waals surface area contributed by atoms with Crippen LogP contribution in [0.3, 0.4) is 0 Å². The molecule has 0 radical (unpaired) electrons. The molecular formula is C11H10ClF2N3. The monoisotopic (exact) mass is 257 g/mol. The predicted octanol–water partition coefficient (Wildman–Crippen LogP) is 2.92. The third-order valence-corrected chi connectivity index (χ3v) is 2.71. The van der Waals surface area contributed by atoms with Crippen LogP contribution >= 0.6 is 11.6 Å². The molecule has 0 aliphatic heterocycles. The lowest BCUT2D eigenvalue weighted by molar-refractivity contribution is 0.141. The van der Waals surface area contributed by atoms with E-state index in [4.69, 9.17) is 17.3 Å². The highest BCUT2D eigenvalue weighted by Gasteiger charge is 2.20. The number of benzene rings is 1. The van der Waals surface area contributed by atoms with Gasteiger partial charge < -0.3 is 5.73 Å². The van der Waals surface area contributed by atoms with Crippen molar-refractivity contribution in [3.05, 3.63) is 46.7 Å². The second-order valence-corrected chi connectivity index (χ2v) is 3.83. The molecule has 90 valence electrons. The van der Waals surface area contributed by atoms with Crippen molar-refractivity contribution in [3.63, 3.8) is 0 Å². The summed E-state index contributed by atoms with van der Waals surface area (Å²) >= 11 is 5.95. The van der Waals surface area contributed by atoms with Gasteiger partial charge in [-0.2, -0.15) is 5.10 Å². The first-order valence-corrected chi connectivity index (χ1v) is 5.33. The fourth-order valence-electron chi connectivity index (χ4n) is 1.60. The van der Waals surface area contributed by atoms with Gasteiger partial charge in [-0.1, -0.05) is 23.7 Å². The number of nitrogens with two attached hydrogens (primary N) is 1. The Morgan fingerprint density at radius 3 is 2.65 bits per heavy atom. The molecule has 0 aliphatic rings. The maximum atomic E-state index is 13.0. The fourth-order valence-corrected chi connectivity index (χ4v) is 1.81. The van der Waals surface area contributed by atoms with Crippen LogP contribution in [0, 0.1) is 0 Å². The Bertz CT molecular complexity index is 525. The predicted molar refractivity (Wildman–Crippen MR) is 61.4 cm³/mol. The van der Waals surface area contributed by atoms with Gasteiger partial charge in [-0.3, -0.25) is 0 Å². The maximum absolute atomic E-state index is 13.0. The Hall–Kier alpha value is -1.46. The summed E-state index contributed by atoms with van der Waals surface area (Å²) in [4.78, 5) is 0. The number of alkyl halides is 2. The summed E-state index contributed by atoms with van der Waals surface area (Å²) in [7, 11) is 0. The van der Waals surface area contributed by atoms with Gasteiger partial charge in [-0.25, -0.2) is 13.5 Å². The van der Waals surface area contributed by atoms with Crippen LogP contribution in [0.1, 0.15) is 17.7 Å². The molecule has 0 saturated heterocycles. The Kier molecular flexibility index (Phi) is 3.40. The zero-order chi connectivity index (χ0) is 12.4. The van der Waals surface area contributed by atoms with Crippen molar-refractivity contribution in [1.29, 1.82) is 0 Å². The normalized spacial score (nSPS) is 11.1. The van der Waals surface area contributed by atoms with E-state index >= 15 is 0 Å². The summed E-state index contributed by atoms with van der Waals surface area (Å²) in [5.41, 5.74) is 5.93. The van der Waals surface area contributed by atoms with Crippen LogP contribution < -0.4 is 5.73 Å². The van der Waals surface area contributed by atoms with E-state index in [1.807, 2.05) is 0 Å². The molecule has 6 heteroatoms. The van der Waals surface area contributed by atoms with E-state index in [-0.39, 0.29) is 12.2 Å². The molecule has 3 nitrogen and oxygen atoms in total. The Morgan fingerprint density at radius 2 is 2.06 bits per heavy atom. The van der Waals surface area contributed by atoms with Crippen molar-refractivity contribution in [1.82, 2.24) is 9.78 Å². The minimum atomic E-state index is -2.65. The maximum Gasteiger partial charge on any atom is 0.280 e. The molecule has 2 rings (SSSR count). The van der Waals surface area contributed by atoms with Gasteiger partial charge in [0.1, 0.15) is 5.69 Å². The second kappa shape index (κ2) is 4.81. The van der Waals surface area contributed by atoms with Gasteiger partial charge in [0.2, 0.25) is 0 Å². The van der Waals surface area contributed by atoms with E-state index < -0.39 is 6.43 Å². The number of hydrogen-bond donors (Lipinski definition) is 1. The Morgan fingerprint density at radius 1 is 1.35 bits per heavy atom. The van der Waals surface area contributed by atoms with Crippen molar-refractivity contribution in [2.24, 2.45) is 5.73 Å². The summed E-state index contributed by atoms with van der Waals surface area (Å²) in [5.74, 6) is 0. The van der Waals surface area contributed by atoms with Gasteiger partial charge >= 0.3 is 0 Å². The van der Waals surface area contributed by atoms with Crippen LogP contribution in [0.2, 0.25) is 5.02 Å². The molecule has 1 heterocycles. The minimum Gasteiger partial charge on any atom is -0.326 e. The number of aromatic nitrogens is 2. The van der Waals surface area contributed by atoms with E-state index in [1.54, 1.807) is 24.3 Å². The quantitative estimate of drug-likeness (QED) is 0.919. The van der Waals surface area contributed by atoms with Crippen LogP contribution in [0.15, 0.2) is 30.5 Å². The molecule has 0 unspecified atom stereocenters. The van der Waals surface area contributed by atoms with Gasteiger partial charge in [-0.05, 0) is 12.1 Å². The van der Waals surface area contributed by atoms with E-state index in [0.717, 1.165) is 4.68 Å². The highest BCUT2D eigenvalue weighted by atomic mass is 35.5. The van der Waals surface area contributed by atoms with Gasteiger partial charge in [0, 0.05) is 12.1 Å². The molecule has 1 aromatic carbocycles. The molecule has 1 aromatic heterocycles. The van der Waals surface area contributed by atoms with Crippen molar-refractivity contribution in [2.45, 2.75) is 13.0 Å². The van der Waals surface area contributed by atoms with E-state index in [0.29, 0.717) is 16.3 Å². The van der Waals surface area contributed by atoms with Crippen molar-refractivity contribution in [2.75, 3.05) is 0 Å². The fraction of sp³-hybridized carbons (Fsp3) is 0.182. The van der Waals surface area contributed by atoms with E-state index in [1.165, 1.54) is 6.20 Å². The Labute approximate surface area is 102 Å². The first-order chi connectivity index (χ1) is 8.15. The van der Waals surface area contributed by atoms with Gasteiger partial charge in [0.25, 0.3) is 6.43 Å². The largest absolute Gasteiger partial charge is 0.326 e. The summed E-state index contributed by atoms with van der Waals surface area (Å²) in [6, 6.07) is 6.68. The molecule has 0 bridgehead atoms. The number of halogens is 3. The van der Waals surface area contributed by atoms with Crippen LogP contribution in [0.5, 0.6) is 0 Å². The average molecular weight is 258 g/mol. The average Bonchev–Trinajstić information content (AvgIpc) is 2.73. The molecule has 2 aromatic rings. The molecule has 2 N–H and O–H groups in total. The molecule has 17 heavy (non-hydrogen) atoms. The minimum absolute atomic E-state index is 0.0180. The zero-order valence-corrected chi connectivity index (χ0v) is 9.53. The summed E-state index contributed by atoms with van der Waals surface area (Å²) in [6.07, 6.45) is -1.31. The molecule has 0 atom stereocenters. The topological polar surface area (TPSA) is 43.8 Å². The summed E-state index contributed by atoms with van der Waals surface area (Å²) < 4.78 is 27.1. The van der Waals surface area contributed by atoms with Crippen molar-refractivity contribution < 1.29 is 8.78 Å². The van der Waals surface area contributed by atoms with E-state index in [9.17, 15) is 8.78 Å². The first-order valence-electron chi connectivity index (χ1n) is 4.95. The lowest BCUT2D eigenvalue weighted by Crippen LogP contribution is -2.06. The number of nitrogens with zero attached hydrogens (tertiary/aromatic N) is 2. The van der Waals surface area contributed by atoms with E-state index in [2.05, 4.69) is 5.10 Å². The second-order valence-electron chi connectivity index (χ2n) is 3.42. The smallest absolute Gasteiger partial charge is 0.280 e. The van der Waals surface area contributed by atoms with Crippen LogP contribution in [0.25, 0.3) is 5.69 Å². The molecule has 0 amide bonds. The molecule has 0 fully saturated rings. The van der Waals surface area contributed by atoms with Crippen molar-refractivity contribution in [3.8, 4) is 5.69 Å². The van der Waals surface area contributed by atoms with Crippen LogP contribution in [0.4, 0.5) is 8.78 Å². The van der Waals surface area contributed by atoms with Crippen LogP contribution in [-0.4, -0.2) is 9.78 Å². The highest BCUT2D eigenvalue weighted by Crippen LogP contribution is 2.28. The lowest BCUT2D eigenvalue weighted by Gasteiger charge is -2.09. The summed E-state index contributed by atoms with van der Waals surface area (Å²) in [5, 5.41) is 4.27. The Balaban J connectivity index is 2.60. The third-order valence-electron chi connectivity index (χ3n) is 2.39. The number of rotatable bonds is 3. The number of para-hydroxylation sites is 1. The standard InChI is InChI=1S/C11H10ClF2N3/c12-8-3-1-2-4-9(8)17-10(11(13)14)7(5-15)6-16-17/h1-4,6,11H,5,15H2. The molecule has 0 aliphatic carbocycles. The zero-order valence-electron chi connectivity index (χ0n) is 8.78. The summed E-state index contributed by atoms with van der Waals surface area (Å²) in [6.45, 7) is 0.0180. The molecular weight excluding hydrogens is 248 g/mol. The highest BCUT2D eigenvalue weighted by molar-refractivity contribution is 6.32.